The minimum atomic E-state index is -0.00229. The first-order valence-electron chi connectivity index (χ1n) is 6.70. The molecule has 0 radical (unpaired) electrons. The van der Waals surface area contributed by atoms with Crippen molar-refractivity contribution in [3.05, 3.63) is 30.6 Å². The average Bonchev–Trinajstić information content (AvgIpc) is 3.14. The van der Waals surface area contributed by atoms with E-state index >= 15 is 0 Å². The molecule has 2 aromatic heterocycles. The summed E-state index contributed by atoms with van der Waals surface area (Å²) in [7, 11) is 0. The van der Waals surface area contributed by atoms with Gasteiger partial charge in [-0.2, -0.15) is 0 Å². The van der Waals surface area contributed by atoms with Crippen LogP contribution in [-0.4, -0.2) is 27.5 Å². The summed E-state index contributed by atoms with van der Waals surface area (Å²) in [5.74, 6) is 0.828. The predicted molar refractivity (Wildman–Crippen MR) is 69.8 cm³/mol. The Labute approximate surface area is 110 Å². The number of nitrogens with zero attached hydrogens (tertiary/aromatic N) is 2. The molecule has 5 nitrogen and oxygen atoms in total. The van der Waals surface area contributed by atoms with Crippen LogP contribution in [0, 0.1) is 5.92 Å². The molecule has 4 rings (SSSR count). The molecular weight excluding hydrogens is 242 g/mol. The monoisotopic (exact) mass is 257 g/mol. The first-order valence-corrected chi connectivity index (χ1v) is 6.70. The molecule has 0 aliphatic carbocycles. The van der Waals surface area contributed by atoms with Crippen molar-refractivity contribution < 1.29 is 9.53 Å². The van der Waals surface area contributed by atoms with Crippen molar-refractivity contribution in [3.63, 3.8) is 0 Å². The van der Waals surface area contributed by atoms with E-state index in [0.29, 0.717) is 6.10 Å². The van der Waals surface area contributed by atoms with E-state index in [0.717, 1.165) is 30.7 Å². The van der Waals surface area contributed by atoms with Gasteiger partial charge in [0.2, 0.25) is 5.91 Å². The van der Waals surface area contributed by atoms with Gasteiger partial charge in [-0.1, -0.05) is 6.07 Å². The Bertz CT molecular complexity index is 636. The molecule has 2 aliphatic heterocycles. The van der Waals surface area contributed by atoms with Crippen LogP contribution in [-0.2, 0) is 9.53 Å². The van der Waals surface area contributed by atoms with Gasteiger partial charge in [0.25, 0.3) is 0 Å². The maximum absolute atomic E-state index is 12.3. The Balaban J connectivity index is 1.58. The number of hydrogen-bond acceptors (Lipinski definition) is 3. The van der Waals surface area contributed by atoms with E-state index in [4.69, 9.17) is 4.74 Å². The predicted octanol–water partition coefficient (Wildman–Crippen LogP) is 1.84. The van der Waals surface area contributed by atoms with Gasteiger partial charge < -0.3 is 10.1 Å². The molecule has 5 heteroatoms. The molecule has 0 saturated carbocycles. The minimum Gasteiger partial charge on any atom is -0.374 e. The maximum atomic E-state index is 12.3. The van der Waals surface area contributed by atoms with Crippen LogP contribution in [0.1, 0.15) is 19.3 Å². The highest BCUT2D eigenvalue weighted by Gasteiger charge is 2.44. The van der Waals surface area contributed by atoms with Crippen molar-refractivity contribution in [1.29, 1.82) is 0 Å². The van der Waals surface area contributed by atoms with E-state index in [-0.39, 0.29) is 17.9 Å². The Kier molecular flexibility index (Phi) is 2.35. The molecule has 19 heavy (non-hydrogen) atoms. The number of fused-ring (bicyclic) bond motifs is 3. The van der Waals surface area contributed by atoms with Gasteiger partial charge in [0.05, 0.1) is 18.1 Å². The second-order valence-electron chi connectivity index (χ2n) is 5.27. The van der Waals surface area contributed by atoms with Gasteiger partial charge in [0.1, 0.15) is 11.5 Å². The van der Waals surface area contributed by atoms with Crippen molar-refractivity contribution in [3.8, 4) is 0 Å². The van der Waals surface area contributed by atoms with E-state index < -0.39 is 0 Å². The van der Waals surface area contributed by atoms with Crippen LogP contribution in [0.15, 0.2) is 30.6 Å². The molecule has 2 saturated heterocycles. The second-order valence-corrected chi connectivity index (χ2v) is 5.27. The number of anilines is 1. The highest BCUT2D eigenvalue weighted by Crippen LogP contribution is 2.39. The number of imidazole rings is 1. The smallest absolute Gasteiger partial charge is 0.231 e. The van der Waals surface area contributed by atoms with Crippen molar-refractivity contribution in [1.82, 2.24) is 9.38 Å². The molecule has 2 aromatic rings. The van der Waals surface area contributed by atoms with Crippen LogP contribution < -0.4 is 5.32 Å². The van der Waals surface area contributed by atoms with E-state index in [1.807, 2.05) is 28.8 Å². The standard InChI is InChI=1S/C14H15N3O2/c18-14(10-8-9-4-5-11(10)19-9)16-13-3-1-2-12-15-6-7-17(12)13/h1-3,6-7,9-11H,4-5,8H2,(H,16,18). The van der Waals surface area contributed by atoms with Crippen LogP contribution >= 0.6 is 0 Å². The summed E-state index contributed by atoms with van der Waals surface area (Å²) in [6.07, 6.45) is 6.96. The summed E-state index contributed by atoms with van der Waals surface area (Å²) in [6, 6.07) is 5.70. The molecule has 0 aromatic carbocycles. The Morgan fingerprint density at radius 1 is 1.42 bits per heavy atom. The number of ether oxygens (including phenoxy) is 1. The molecule has 2 fully saturated rings. The largest absolute Gasteiger partial charge is 0.374 e. The van der Waals surface area contributed by atoms with Crippen molar-refractivity contribution >= 4 is 17.4 Å². The van der Waals surface area contributed by atoms with Crippen LogP contribution in [0.25, 0.3) is 5.65 Å². The first-order chi connectivity index (χ1) is 9.31. The van der Waals surface area contributed by atoms with Crippen molar-refractivity contribution in [2.24, 2.45) is 5.92 Å². The summed E-state index contributed by atoms with van der Waals surface area (Å²) >= 11 is 0. The van der Waals surface area contributed by atoms with Crippen LogP contribution in [0.4, 0.5) is 5.82 Å². The zero-order valence-corrected chi connectivity index (χ0v) is 10.5. The van der Waals surface area contributed by atoms with Gasteiger partial charge in [0.15, 0.2) is 0 Å². The number of rotatable bonds is 2. The van der Waals surface area contributed by atoms with E-state index in [1.165, 1.54) is 0 Å². The summed E-state index contributed by atoms with van der Waals surface area (Å²) < 4.78 is 7.62. The average molecular weight is 257 g/mol. The highest BCUT2D eigenvalue weighted by atomic mass is 16.5. The summed E-state index contributed by atoms with van der Waals surface area (Å²) in [6.45, 7) is 0. The van der Waals surface area contributed by atoms with Crippen LogP contribution in [0.2, 0.25) is 0 Å². The molecule has 1 amide bonds. The quantitative estimate of drug-likeness (QED) is 0.893. The number of nitrogens with one attached hydrogen (secondary N) is 1. The minimum absolute atomic E-state index is 0.00229. The van der Waals surface area contributed by atoms with Crippen molar-refractivity contribution in [2.45, 2.75) is 31.5 Å². The van der Waals surface area contributed by atoms with Gasteiger partial charge in [-0.05, 0) is 31.4 Å². The number of carbonyl (C=O) groups is 1. The molecule has 2 aliphatic rings. The number of carbonyl (C=O) groups excluding carboxylic acids is 1. The normalized spacial score (nSPS) is 28.9. The lowest BCUT2D eigenvalue weighted by atomic mass is 9.88. The summed E-state index contributed by atoms with van der Waals surface area (Å²) in [5, 5.41) is 3.00. The molecular formula is C14H15N3O2. The Hall–Kier alpha value is -1.88. The van der Waals surface area contributed by atoms with E-state index in [9.17, 15) is 4.79 Å². The Morgan fingerprint density at radius 2 is 2.37 bits per heavy atom. The number of pyridine rings is 1. The summed E-state index contributed by atoms with van der Waals surface area (Å²) in [5.41, 5.74) is 0.835. The Morgan fingerprint density at radius 3 is 3.16 bits per heavy atom. The van der Waals surface area contributed by atoms with Gasteiger partial charge in [0, 0.05) is 12.4 Å². The fraction of sp³-hybridized carbons (Fsp3) is 0.429. The number of aromatic nitrogens is 2. The topological polar surface area (TPSA) is 55.6 Å². The number of hydrogen-bond donors (Lipinski definition) is 1. The zero-order valence-electron chi connectivity index (χ0n) is 10.5. The maximum Gasteiger partial charge on any atom is 0.231 e. The zero-order chi connectivity index (χ0) is 12.8. The molecule has 98 valence electrons. The van der Waals surface area contributed by atoms with Crippen molar-refractivity contribution in [2.75, 3.05) is 5.32 Å². The van der Waals surface area contributed by atoms with Gasteiger partial charge in [-0.15, -0.1) is 0 Å². The second kappa shape index (κ2) is 4.06. The summed E-state index contributed by atoms with van der Waals surface area (Å²) in [4.78, 5) is 16.6. The first kappa shape index (κ1) is 11.0. The van der Waals surface area contributed by atoms with Crippen LogP contribution in [0.5, 0.6) is 0 Å². The van der Waals surface area contributed by atoms with Gasteiger partial charge >= 0.3 is 0 Å². The fourth-order valence-electron chi connectivity index (χ4n) is 3.18. The molecule has 3 unspecified atom stereocenters. The molecule has 1 N–H and O–H groups in total. The SMILES string of the molecule is O=C(Nc1cccc2nccn12)C1CC2CCC1O2. The molecule has 3 atom stereocenters. The number of amides is 1. The molecule has 4 heterocycles. The van der Waals surface area contributed by atoms with Gasteiger partial charge in [-0.25, -0.2) is 4.98 Å². The van der Waals surface area contributed by atoms with E-state index in [2.05, 4.69) is 10.3 Å². The lowest BCUT2D eigenvalue weighted by molar-refractivity contribution is -0.121. The molecule has 2 bridgehead atoms. The molecule has 0 spiro atoms. The third-order valence-electron chi connectivity index (χ3n) is 4.12. The van der Waals surface area contributed by atoms with Gasteiger partial charge in [-0.3, -0.25) is 9.20 Å². The van der Waals surface area contributed by atoms with E-state index in [1.54, 1.807) is 6.20 Å². The lowest BCUT2D eigenvalue weighted by Crippen LogP contribution is -2.31. The third kappa shape index (κ3) is 1.73. The fourth-order valence-corrected chi connectivity index (χ4v) is 3.18. The third-order valence-corrected chi connectivity index (χ3v) is 4.12. The highest BCUT2D eigenvalue weighted by molar-refractivity contribution is 5.92. The van der Waals surface area contributed by atoms with Crippen LogP contribution in [0.3, 0.4) is 0 Å². The lowest BCUT2D eigenvalue weighted by Gasteiger charge is -2.18.